The molecule has 0 atom stereocenters. The number of nitrogens with zero attached hydrogens (tertiary/aromatic N) is 2. The third-order valence-corrected chi connectivity index (χ3v) is 3.86. The van der Waals surface area contributed by atoms with Crippen LogP contribution in [0.1, 0.15) is 17.3 Å². The van der Waals surface area contributed by atoms with Gasteiger partial charge >= 0.3 is 0 Å². The Kier molecular flexibility index (Phi) is 8.71. The van der Waals surface area contributed by atoms with Gasteiger partial charge in [0, 0.05) is 38.7 Å². The lowest BCUT2D eigenvalue weighted by Crippen LogP contribution is -2.40. The summed E-state index contributed by atoms with van der Waals surface area (Å²) < 4.78 is 15.8. The molecule has 0 fully saturated rings. The summed E-state index contributed by atoms with van der Waals surface area (Å²) in [6.45, 7) is 3.70. The van der Waals surface area contributed by atoms with E-state index in [-0.39, 0.29) is 11.8 Å². The summed E-state index contributed by atoms with van der Waals surface area (Å²) in [5.74, 6) is 0.953. The molecule has 0 aliphatic heterocycles. The Labute approximate surface area is 155 Å². The van der Waals surface area contributed by atoms with Gasteiger partial charge in [0.15, 0.2) is 11.5 Å². The second-order valence-electron chi connectivity index (χ2n) is 5.98. The van der Waals surface area contributed by atoms with E-state index in [1.807, 2.05) is 19.0 Å². The van der Waals surface area contributed by atoms with E-state index in [4.69, 9.17) is 14.2 Å². The van der Waals surface area contributed by atoms with Gasteiger partial charge in [-0.3, -0.25) is 9.59 Å². The molecule has 0 aliphatic carbocycles. The number of carbonyl (C=O) groups excluding carboxylic acids is 2. The molecule has 0 heterocycles. The van der Waals surface area contributed by atoms with Gasteiger partial charge < -0.3 is 29.3 Å². The van der Waals surface area contributed by atoms with Crippen LogP contribution in [0.25, 0.3) is 0 Å². The van der Waals surface area contributed by atoms with Crippen molar-refractivity contribution >= 4 is 11.8 Å². The van der Waals surface area contributed by atoms with Crippen molar-refractivity contribution in [3.05, 3.63) is 17.7 Å². The molecule has 0 saturated carbocycles. The van der Waals surface area contributed by atoms with Crippen molar-refractivity contribution in [3.63, 3.8) is 0 Å². The zero-order chi connectivity index (χ0) is 19.7. The van der Waals surface area contributed by atoms with E-state index in [0.29, 0.717) is 42.4 Å². The van der Waals surface area contributed by atoms with Crippen LogP contribution < -0.4 is 19.5 Å². The van der Waals surface area contributed by atoms with Crippen molar-refractivity contribution in [2.75, 3.05) is 61.6 Å². The van der Waals surface area contributed by atoms with Gasteiger partial charge in [-0.25, -0.2) is 0 Å². The molecule has 0 aromatic heterocycles. The van der Waals surface area contributed by atoms with E-state index in [9.17, 15) is 9.59 Å². The molecular weight excluding hydrogens is 338 g/mol. The van der Waals surface area contributed by atoms with Crippen molar-refractivity contribution < 1.29 is 23.8 Å². The van der Waals surface area contributed by atoms with E-state index in [0.717, 1.165) is 6.54 Å². The maximum Gasteiger partial charge on any atom is 0.251 e. The molecule has 0 bridgehead atoms. The number of nitrogens with one attached hydrogen (secondary N) is 1. The Morgan fingerprint density at radius 2 is 1.54 bits per heavy atom. The summed E-state index contributed by atoms with van der Waals surface area (Å²) in [6.07, 6.45) is 0. The first-order valence-electron chi connectivity index (χ1n) is 8.32. The first kappa shape index (κ1) is 21.6. The topological polar surface area (TPSA) is 80.3 Å². The molecule has 2 amide bonds. The number of likely N-dealkylation sites (N-methyl/N-ethyl adjacent to an activating group) is 1. The number of methoxy groups -OCH3 is 3. The van der Waals surface area contributed by atoms with Gasteiger partial charge in [0.25, 0.3) is 5.91 Å². The highest BCUT2D eigenvalue weighted by atomic mass is 16.5. The maximum atomic E-state index is 12.4. The SMILES string of the molecule is COc1cc(C(=O)NCCN(CCN(C)C)C(C)=O)cc(OC)c1OC. The molecule has 8 heteroatoms. The van der Waals surface area contributed by atoms with Crippen molar-refractivity contribution in [3.8, 4) is 17.2 Å². The lowest BCUT2D eigenvalue weighted by atomic mass is 10.1. The molecule has 0 aliphatic rings. The van der Waals surface area contributed by atoms with Gasteiger partial charge in [0.05, 0.1) is 21.3 Å². The summed E-state index contributed by atoms with van der Waals surface area (Å²) >= 11 is 0. The van der Waals surface area contributed by atoms with Gasteiger partial charge in [0.2, 0.25) is 11.7 Å². The Morgan fingerprint density at radius 3 is 1.96 bits per heavy atom. The fourth-order valence-electron chi connectivity index (χ4n) is 2.37. The molecule has 1 aromatic rings. The minimum atomic E-state index is -0.277. The lowest BCUT2D eigenvalue weighted by molar-refractivity contribution is -0.128. The van der Waals surface area contributed by atoms with Crippen LogP contribution in [-0.4, -0.2) is 83.2 Å². The van der Waals surface area contributed by atoms with Crippen molar-refractivity contribution in [1.82, 2.24) is 15.1 Å². The predicted octanol–water partition coefficient (Wildman–Crippen LogP) is 0.852. The first-order chi connectivity index (χ1) is 12.3. The summed E-state index contributed by atoms with van der Waals surface area (Å²) in [5, 5.41) is 2.81. The lowest BCUT2D eigenvalue weighted by Gasteiger charge is -2.23. The third kappa shape index (κ3) is 6.11. The molecule has 1 rings (SSSR count). The van der Waals surface area contributed by atoms with E-state index in [2.05, 4.69) is 5.32 Å². The molecule has 0 radical (unpaired) electrons. The van der Waals surface area contributed by atoms with Crippen LogP contribution in [0.4, 0.5) is 0 Å². The van der Waals surface area contributed by atoms with Gasteiger partial charge in [-0.15, -0.1) is 0 Å². The van der Waals surface area contributed by atoms with Gasteiger partial charge in [-0.05, 0) is 26.2 Å². The number of amides is 2. The Hall–Kier alpha value is -2.48. The highest BCUT2D eigenvalue weighted by Gasteiger charge is 2.17. The molecule has 8 nitrogen and oxygen atoms in total. The van der Waals surface area contributed by atoms with Crippen LogP contribution in [-0.2, 0) is 4.79 Å². The van der Waals surface area contributed by atoms with Gasteiger partial charge in [0.1, 0.15) is 0 Å². The molecule has 1 N–H and O–H groups in total. The van der Waals surface area contributed by atoms with E-state index in [1.165, 1.54) is 28.3 Å². The predicted molar refractivity (Wildman–Crippen MR) is 99.2 cm³/mol. The van der Waals surface area contributed by atoms with E-state index < -0.39 is 0 Å². The average molecular weight is 367 g/mol. The highest BCUT2D eigenvalue weighted by molar-refractivity contribution is 5.95. The molecular formula is C18H29N3O5. The smallest absolute Gasteiger partial charge is 0.251 e. The van der Waals surface area contributed by atoms with Crippen LogP contribution in [0.2, 0.25) is 0 Å². The first-order valence-corrected chi connectivity index (χ1v) is 8.32. The Balaban J connectivity index is 2.74. The zero-order valence-electron chi connectivity index (χ0n) is 16.4. The number of carbonyl (C=O) groups is 2. The third-order valence-electron chi connectivity index (χ3n) is 3.86. The number of hydrogen-bond donors (Lipinski definition) is 1. The van der Waals surface area contributed by atoms with E-state index >= 15 is 0 Å². The number of ether oxygens (including phenoxy) is 3. The number of rotatable bonds is 10. The summed E-state index contributed by atoms with van der Waals surface area (Å²) in [7, 11) is 8.39. The fourth-order valence-corrected chi connectivity index (χ4v) is 2.37. The van der Waals surface area contributed by atoms with Crippen molar-refractivity contribution in [2.24, 2.45) is 0 Å². The van der Waals surface area contributed by atoms with Crippen molar-refractivity contribution in [2.45, 2.75) is 6.92 Å². The van der Waals surface area contributed by atoms with Crippen LogP contribution in [0.3, 0.4) is 0 Å². The summed E-state index contributed by atoms with van der Waals surface area (Å²) in [6, 6.07) is 3.18. The molecule has 0 unspecified atom stereocenters. The Morgan fingerprint density at radius 1 is 0.962 bits per heavy atom. The number of benzene rings is 1. The zero-order valence-corrected chi connectivity index (χ0v) is 16.4. The fraction of sp³-hybridized carbons (Fsp3) is 0.556. The highest BCUT2D eigenvalue weighted by Crippen LogP contribution is 2.38. The van der Waals surface area contributed by atoms with Crippen LogP contribution in [0.15, 0.2) is 12.1 Å². The van der Waals surface area contributed by atoms with Crippen LogP contribution in [0, 0.1) is 0 Å². The van der Waals surface area contributed by atoms with Crippen LogP contribution >= 0.6 is 0 Å². The largest absolute Gasteiger partial charge is 0.493 e. The normalized spacial score (nSPS) is 10.4. The minimum absolute atomic E-state index is 0.0196. The monoisotopic (exact) mass is 367 g/mol. The molecule has 1 aromatic carbocycles. The quantitative estimate of drug-likeness (QED) is 0.660. The molecule has 0 saturated heterocycles. The molecule has 26 heavy (non-hydrogen) atoms. The Bertz CT molecular complexity index is 594. The van der Waals surface area contributed by atoms with Crippen LogP contribution in [0.5, 0.6) is 17.2 Å². The second-order valence-corrected chi connectivity index (χ2v) is 5.98. The molecule has 0 spiro atoms. The molecule has 146 valence electrons. The minimum Gasteiger partial charge on any atom is -0.493 e. The summed E-state index contributed by atoms with van der Waals surface area (Å²) in [4.78, 5) is 27.8. The maximum absolute atomic E-state index is 12.4. The second kappa shape index (κ2) is 10.5. The van der Waals surface area contributed by atoms with E-state index in [1.54, 1.807) is 17.0 Å². The summed E-state index contributed by atoms with van der Waals surface area (Å²) in [5.41, 5.74) is 0.391. The number of hydrogen-bond acceptors (Lipinski definition) is 6. The standard InChI is InChI=1S/C18H29N3O5/c1-13(22)21(10-9-20(2)3)8-7-19-18(23)14-11-15(24-4)17(26-6)16(12-14)25-5/h11-12H,7-10H2,1-6H3,(H,19,23). The van der Waals surface area contributed by atoms with Gasteiger partial charge in [-0.2, -0.15) is 0 Å². The van der Waals surface area contributed by atoms with Gasteiger partial charge in [-0.1, -0.05) is 0 Å². The van der Waals surface area contributed by atoms with Crippen molar-refractivity contribution in [1.29, 1.82) is 0 Å². The average Bonchev–Trinajstić information content (AvgIpc) is 2.62.